The van der Waals surface area contributed by atoms with Crippen LogP contribution in [0.5, 0.6) is 17.2 Å². The molecule has 0 bridgehead atoms. The number of benzene rings is 3. The van der Waals surface area contributed by atoms with Gasteiger partial charge in [-0.15, -0.1) is 0 Å². The Morgan fingerprint density at radius 1 is 0.806 bits per heavy atom. The number of halogens is 1. The molecule has 0 saturated carbocycles. The zero-order valence-electron chi connectivity index (χ0n) is 17.3. The molecule has 8 heteroatoms. The molecule has 162 valence electrons. The van der Waals surface area contributed by atoms with Crippen molar-refractivity contribution in [2.75, 3.05) is 26.1 Å². The van der Waals surface area contributed by atoms with Gasteiger partial charge in [-0.2, -0.15) is 0 Å². The summed E-state index contributed by atoms with van der Waals surface area (Å²) in [4.78, 5) is 0.103. The van der Waals surface area contributed by atoms with Crippen molar-refractivity contribution in [3.05, 3.63) is 76.8 Å². The van der Waals surface area contributed by atoms with Crippen LogP contribution >= 0.6 is 11.6 Å². The van der Waals surface area contributed by atoms with Crippen LogP contribution in [0, 0.1) is 0 Å². The molecule has 0 saturated heterocycles. The summed E-state index contributed by atoms with van der Waals surface area (Å²) in [5.41, 5.74) is 2.20. The molecule has 0 spiro atoms. The molecule has 0 atom stereocenters. The lowest BCUT2D eigenvalue weighted by Gasteiger charge is -2.12. The van der Waals surface area contributed by atoms with Crippen molar-refractivity contribution in [1.82, 2.24) is 0 Å². The van der Waals surface area contributed by atoms with Gasteiger partial charge in [0.15, 0.2) is 11.5 Å². The van der Waals surface area contributed by atoms with Crippen LogP contribution in [-0.2, 0) is 10.0 Å². The minimum Gasteiger partial charge on any atom is -0.493 e. The average molecular weight is 460 g/mol. The molecule has 0 amide bonds. The summed E-state index contributed by atoms with van der Waals surface area (Å²) >= 11 is 5.89. The maximum atomic E-state index is 12.5. The standard InChI is InChI=1S/C23H22ClNO5S/c1-28-21-13-17(14-22(29-2)23(21)30-3)8-7-16-9-11-19(12-10-16)25-31(26,27)20-6-4-5-18(24)15-20/h4-15,25H,1-3H3. The molecular formula is C23H22ClNO5S. The number of methoxy groups -OCH3 is 3. The van der Waals surface area contributed by atoms with Crippen molar-refractivity contribution in [1.29, 1.82) is 0 Å². The average Bonchev–Trinajstić information content (AvgIpc) is 2.77. The third-order valence-corrected chi connectivity index (χ3v) is 6.04. The Kier molecular flexibility index (Phi) is 7.09. The summed E-state index contributed by atoms with van der Waals surface area (Å²) in [6, 6.07) is 16.8. The summed E-state index contributed by atoms with van der Waals surface area (Å²) in [5.74, 6) is 1.65. The molecule has 0 aromatic heterocycles. The zero-order valence-corrected chi connectivity index (χ0v) is 18.8. The van der Waals surface area contributed by atoms with Crippen LogP contribution in [0.2, 0.25) is 5.02 Å². The predicted octanol–water partition coefficient (Wildman–Crippen LogP) is 5.34. The molecule has 0 heterocycles. The first-order chi connectivity index (χ1) is 14.9. The number of hydrogen-bond donors (Lipinski definition) is 1. The molecule has 31 heavy (non-hydrogen) atoms. The highest BCUT2D eigenvalue weighted by Gasteiger charge is 2.14. The second-order valence-corrected chi connectivity index (χ2v) is 8.60. The molecule has 3 rings (SSSR count). The maximum Gasteiger partial charge on any atom is 0.261 e. The molecule has 0 fully saturated rings. The lowest BCUT2D eigenvalue weighted by molar-refractivity contribution is 0.324. The fourth-order valence-corrected chi connectivity index (χ4v) is 4.26. The lowest BCUT2D eigenvalue weighted by atomic mass is 10.1. The van der Waals surface area contributed by atoms with E-state index in [1.54, 1.807) is 45.6 Å². The summed E-state index contributed by atoms with van der Waals surface area (Å²) in [5, 5.41) is 0.357. The Bertz CT molecular complexity index is 1170. The molecule has 6 nitrogen and oxygen atoms in total. The van der Waals surface area contributed by atoms with Crippen LogP contribution in [0.25, 0.3) is 12.2 Å². The normalized spacial score (nSPS) is 11.4. The molecule has 0 unspecified atom stereocenters. The SMILES string of the molecule is COc1cc(C=Cc2ccc(NS(=O)(=O)c3cccc(Cl)c3)cc2)cc(OC)c1OC. The van der Waals surface area contributed by atoms with Crippen molar-refractivity contribution in [2.45, 2.75) is 4.90 Å². The van der Waals surface area contributed by atoms with Crippen molar-refractivity contribution in [3.63, 3.8) is 0 Å². The van der Waals surface area contributed by atoms with Gasteiger partial charge in [0.1, 0.15) is 0 Å². The molecule has 3 aromatic rings. The van der Waals surface area contributed by atoms with Crippen molar-refractivity contribution < 1.29 is 22.6 Å². The molecule has 0 aliphatic rings. The van der Waals surface area contributed by atoms with Crippen LogP contribution in [0.4, 0.5) is 5.69 Å². The second-order valence-electron chi connectivity index (χ2n) is 6.48. The Hall–Kier alpha value is -3.16. The van der Waals surface area contributed by atoms with E-state index in [1.807, 2.05) is 36.4 Å². The van der Waals surface area contributed by atoms with E-state index >= 15 is 0 Å². The van der Waals surface area contributed by atoms with Crippen molar-refractivity contribution in [2.24, 2.45) is 0 Å². The van der Waals surface area contributed by atoms with Gasteiger partial charge in [0, 0.05) is 10.7 Å². The van der Waals surface area contributed by atoms with E-state index in [9.17, 15) is 8.42 Å². The summed E-state index contributed by atoms with van der Waals surface area (Å²) in [6.45, 7) is 0. The van der Waals surface area contributed by atoms with Gasteiger partial charge in [-0.25, -0.2) is 8.42 Å². The Morgan fingerprint density at radius 3 is 1.97 bits per heavy atom. The number of rotatable bonds is 8. The van der Waals surface area contributed by atoms with E-state index in [0.29, 0.717) is 28.0 Å². The molecule has 0 aliphatic heterocycles. The molecule has 0 radical (unpaired) electrons. The first kappa shape index (κ1) is 22.5. The molecule has 3 aromatic carbocycles. The minimum atomic E-state index is -3.72. The molecule has 1 N–H and O–H groups in total. The number of ether oxygens (including phenoxy) is 3. The first-order valence-electron chi connectivity index (χ1n) is 9.23. The monoisotopic (exact) mass is 459 g/mol. The first-order valence-corrected chi connectivity index (χ1v) is 11.1. The predicted molar refractivity (Wildman–Crippen MR) is 124 cm³/mol. The fourth-order valence-electron chi connectivity index (χ4n) is 2.90. The lowest BCUT2D eigenvalue weighted by Crippen LogP contribution is -2.12. The quantitative estimate of drug-likeness (QED) is 0.460. The maximum absolute atomic E-state index is 12.5. The van der Waals surface area contributed by atoms with Crippen molar-refractivity contribution >= 4 is 39.5 Å². The van der Waals surface area contributed by atoms with Crippen molar-refractivity contribution in [3.8, 4) is 17.2 Å². The summed E-state index contributed by atoms with van der Waals surface area (Å²) in [7, 11) is 0.962. The van der Waals surface area contributed by atoms with E-state index in [-0.39, 0.29) is 4.90 Å². The van der Waals surface area contributed by atoms with Gasteiger partial charge in [-0.05, 0) is 53.6 Å². The van der Waals surface area contributed by atoms with E-state index in [0.717, 1.165) is 11.1 Å². The van der Waals surface area contributed by atoms with E-state index in [1.165, 1.54) is 12.1 Å². The second kappa shape index (κ2) is 9.76. The smallest absolute Gasteiger partial charge is 0.261 e. The van der Waals surface area contributed by atoms with Crippen LogP contribution in [0.3, 0.4) is 0 Å². The number of hydrogen-bond acceptors (Lipinski definition) is 5. The van der Waals surface area contributed by atoms with Gasteiger partial charge in [0.25, 0.3) is 10.0 Å². The van der Waals surface area contributed by atoms with Gasteiger partial charge in [-0.1, -0.05) is 42.0 Å². The Morgan fingerprint density at radius 2 is 1.42 bits per heavy atom. The van der Waals surface area contributed by atoms with Gasteiger partial charge in [-0.3, -0.25) is 4.72 Å². The van der Waals surface area contributed by atoms with Gasteiger partial charge in [0.05, 0.1) is 26.2 Å². The van der Waals surface area contributed by atoms with Crippen LogP contribution in [-0.4, -0.2) is 29.7 Å². The number of sulfonamides is 1. The summed E-state index contributed by atoms with van der Waals surface area (Å²) < 4.78 is 43.6. The zero-order chi connectivity index (χ0) is 22.4. The highest BCUT2D eigenvalue weighted by molar-refractivity contribution is 7.92. The van der Waals surface area contributed by atoms with Crippen LogP contribution in [0.15, 0.2) is 65.6 Å². The van der Waals surface area contributed by atoms with E-state index < -0.39 is 10.0 Å². The van der Waals surface area contributed by atoms with Crippen LogP contribution < -0.4 is 18.9 Å². The van der Waals surface area contributed by atoms with Gasteiger partial charge in [0.2, 0.25) is 5.75 Å². The molecular weight excluding hydrogens is 438 g/mol. The fraction of sp³-hybridized carbons (Fsp3) is 0.130. The van der Waals surface area contributed by atoms with E-state index in [2.05, 4.69) is 4.72 Å². The van der Waals surface area contributed by atoms with E-state index in [4.69, 9.17) is 25.8 Å². The third-order valence-electron chi connectivity index (χ3n) is 4.42. The Balaban J connectivity index is 1.77. The molecule has 0 aliphatic carbocycles. The van der Waals surface area contributed by atoms with Gasteiger partial charge >= 0.3 is 0 Å². The van der Waals surface area contributed by atoms with Crippen LogP contribution in [0.1, 0.15) is 11.1 Å². The largest absolute Gasteiger partial charge is 0.493 e. The number of nitrogens with one attached hydrogen (secondary N) is 1. The number of anilines is 1. The summed E-state index contributed by atoms with van der Waals surface area (Å²) in [6.07, 6.45) is 3.80. The topological polar surface area (TPSA) is 73.9 Å². The Labute approximate surface area is 187 Å². The van der Waals surface area contributed by atoms with Gasteiger partial charge < -0.3 is 14.2 Å². The minimum absolute atomic E-state index is 0.103. The highest BCUT2D eigenvalue weighted by Crippen LogP contribution is 2.38. The third kappa shape index (κ3) is 5.51. The highest BCUT2D eigenvalue weighted by atomic mass is 35.5.